The molecule has 1 fully saturated rings. The number of ether oxygens (including phenoxy) is 2. The van der Waals surface area contributed by atoms with E-state index in [1.54, 1.807) is 65.0 Å². The van der Waals surface area contributed by atoms with Gasteiger partial charge >= 0.3 is 11.9 Å². The highest BCUT2D eigenvalue weighted by Gasteiger charge is 2.41. The van der Waals surface area contributed by atoms with E-state index in [-0.39, 0.29) is 51.5 Å². The summed E-state index contributed by atoms with van der Waals surface area (Å²) in [6, 6.07) is 4.38. The summed E-state index contributed by atoms with van der Waals surface area (Å²) in [6.07, 6.45) is 11.2. The molecule has 278 valence electrons. The molecular weight excluding hydrogens is 727 g/mol. The molecule has 0 spiro atoms. The van der Waals surface area contributed by atoms with Gasteiger partial charge in [-0.25, -0.2) is 9.78 Å². The number of benzene rings is 1. The Labute approximate surface area is 316 Å². The number of aliphatic imine (C=N–C) groups is 1. The second-order valence-electron chi connectivity index (χ2n) is 13.3. The van der Waals surface area contributed by atoms with E-state index in [2.05, 4.69) is 20.3 Å². The lowest BCUT2D eigenvalue weighted by molar-refractivity contribution is -0.880. The molecule has 0 saturated carbocycles. The summed E-state index contributed by atoms with van der Waals surface area (Å²) in [6.45, 7) is 1.78. The average molecular weight is 767 g/mol. The maximum absolute atomic E-state index is 14.6. The maximum Gasteiger partial charge on any atom is 0.368 e. The molecule has 3 aliphatic rings. The molecule has 0 radical (unpaired) electrons. The fourth-order valence-corrected chi connectivity index (χ4v) is 7.33. The van der Waals surface area contributed by atoms with Crippen LogP contribution in [-0.2, 0) is 11.3 Å². The minimum Gasteiger partial charge on any atom is -0.495 e. The number of nitrogens with zero attached hydrogens (tertiary/aromatic N) is 9. The lowest BCUT2D eigenvalue weighted by Crippen LogP contribution is -2.55. The first-order valence-electron chi connectivity index (χ1n) is 16.8. The van der Waals surface area contributed by atoms with Crippen LogP contribution in [-0.4, -0.2) is 108 Å². The summed E-state index contributed by atoms with van der Waals surface area (Å²) in [5, 5.41) is 14.8. The second kappa shape index (κ2) is 15.7. The van der Waals surface area contributed by atoms with Gasteiger partial charge in [0.15, 0.2) is 0 Å². The highest BCUT2D eigenvalue weighted by Crippen LogP contribution is 2.48. The van der Waals surface area contributed by atoms with Gasteiger partial charge in [0.1, 0.15) is 40.1 Å². The molecule has 1 aromatic carbocycles. The van der Waals surface area contributed by atoms with Gasteiger partial charge in [0, 0.05) is 67.5 Å². The van der Waals surface area contributed by atoms with Gasteiger partial charge in [0.25, 0.3) is 0 Å². The van der Waals surface area contributed by atoms with Crippen molar-refractivity contribution >= 4 is 64.5 Å². The number of nitro groups is 1. The zero-order valence-electron chi connectivity index (χ0n) is 29.7. The number of halogens is 2. The van der Waals surface area contributed by atoms with Crippen molar-refractivity contribution in [2.45, 2.75) is 31.8 Å². The first kappa shape index (κ1) is 37.4. The Kier molecular flexibility index (Phi) is 11.1. The largest absolute Gasteiger partial charge is 0.495 e. The third-order valence-corrected chi connectivity index (χ3v) is 9.98. The van der Waals surface area contributed by atoms with Crippen LogP contribution in [0.1, 0.15) is 24.8 Å². The van der Waals surface area contributed by atoms with Crippen molar-refractivity contribution in [3.05, 3.63) is 86.1 Å². The van der Waals surface area contributed by atoms with Crippen molar-refractivity contribution in [1.29, 1.82) is 0 Å². The molecule has 3 aliphatic heterocycles. The highest BCUT2D eigenvalue weighted by atomic mass is 35.5. The molecule has 0 aliphatic carbocycles. The first-order chi connectivity index (χ1) is 25.4. The number of piperidine rings is 1. The fraction of sp³-hybridized carbons (Fsp3) is 0.371. The molecule has 16 nitrogen and oxygen atoms in total. The van der Waals surface area contributed by atoms with E-state index in [4.69, 9.17) is 37.7 Å². The number of likely N-dealkylation sites (tertiary alicyclic amines) is 1. The van der Waals surface area contributed by atoms with Crippen molar-refractivity contribution < 1.29 is 28.5 Å². The van der Waals surface area contributed by atoms with E-state index in [1.165, 1.54) is 19.1 Å². The lowest BCUT2D eigenvalue weighted by Gasteiger charge is -2.43. The van der Waals surface area contributed by atoms with Gasteiger partial charge in [0.05, 0.1) is 52.7 Å². The van der Waals surface area contributed by atoms with E-state index >= 15 is 0 Å². The highest BCUT2D eigenvalue weighted by molar-refractivity contribution is 6.42. The molecule has 1 saturated heterocycles. The summed E-state index contributed by atoms with van der Waals surface area (Å²) < 4.78 is 11.4. The van der Waals surface area contributed by atoms with E-state index in [0.29, 0.717) is 72.8 Å². The summed E-state index contributed by atoms with van der Waals surface area (Å²) >= 11 is 13.6. The van der Waals surface area contributed by atoms with Gasteiger partial charge < -0.3 is 34.3 Å². The predicted octanol–water partition coefficient (Wildman–Crippen LogP) is 5.47. The second-order valence-corrected chi connectivity index (χ2v) is 14.1. The number of rotatable bonds is 12. The van der Waals surface area contributed by atoms with E-state index in [1.807, 2.05) is 14.1 Å². The van der Waals surface area contributed by atoms with Crippen LogP contribution in [0.4, 0.5) is 27.9 Å². The number of hydrogen-bond donors (Lipinski definition) is 1. The van der Waals surface area contributed by atoms with Crippen molar-refractivity contribution in [3.8, 4) is 11.5 Å². The van der Waals surface area contributed by atoms with E-state index < -0.39 is 11.0 Å². The van der Waals surface area contributed by atoms with Crippen LogP contribution < -0.4 is 24.6 Å². The standard InChI is InChI=1S/C35H39Cl2N10O6/c1-47(2,21-22-7-14-39-32(22)46(50)51)17-5-6-28(48)43-15-10-25(11-16-43)45-33-23(19-40-34(42-33)41-24-8-12-38-13-9-24)20-44(35(45)49)31-29(36)26(52-3)18-27(53-4)30(31)37/h5-6,8-9,12-14,18-19,25H,7,10-11,15-17,20-21H2,1-4H3,(H,38,40,41,42)/q+1/b6-5+. The Hall–Kier alpha value is -5.32. The van der Waals surface area contributed by atoms with Crippen LogP contribution in [0, 0.1) is 10.1 Å². The molecule has 2 aromatic heterocycles. The first-order valence-corrected chi connectivity index (χ1v) is 17.6. The minimum absolute atomic E-state index is 0.0740. The fourth-order valence-electron chi connectivity index (χ4n) is 6.62. The number of carbonyl (C=O) groups is 2. The molecule has 3 aromatic rings. The number of amides is 3. The van der Waals surface area contributed by atoms with Gasteiger partial charge in [0.2, 0.25) is 11.9 Å². The van der Waals surface area contributed by atoms with Crippen LogP contribution in [0.5, 0.6) is 11.5 Å². The smallest absolute Gasteiger partial charge is 0.368 e. The zero-order chi connectivity index (χ0) is 37.9. The summed E-state index contributed by atoms with van der Waals surface area (Å²) in [5.74, 6) is 1.05. The number of pyridine rings is 1. The normalized spacial score (nSPS) is 16.4. The molecule has 53 heavy (non-hydrogen) atoms. The van der Waals surface area contributed by atoms with Crippen LogP contribution in [0.15, 0.2) is 65.3 Å². The van der Waals surface area contributed by atoms with Gasteiger partial charge in [-0.3, -0.25) is 19.6 Å². The Morgan fingerprint density at radius 2 is 1.81 bits per heavy atom. The number of nitrogens with one attached hydrogen (secondary N) is 1. The summed E-state index contributed by atoms with van der Waals surface area (Å²) in [4.78, 5) is 60.9. The lowest BCUT2D eigenvalue weighted by atomic mass is 10.0. The van der Waals surface area contributed by atoms with Crippen molar-refractivity contribution in [2.75, 3.05) is 69.6 Å². The number of carbonyl (C=O) groups excluding carboxylic acids is 2. The third-order valence-electron chi connectivity index (χ3n) is 9.25. The van der Waals surface area contributed by atoms with Gasteiger partial charge in [-0.15, -0.1) is 0 Å². The summed E-state index contributed by atoms with van der Waals surface area (Å²) in [5.41, 5.74) is 2.28. The molecule has 0 unspecified atom stereocenters. The quantitative estimate of drug-likeness (QED) is 0.108. The molecule has 0 atom stereocenters. The van der Waals surface area contributed by atoms with Crippen LogP contribution in [0.3, 0.4) is 0 Å². The van der Waals surface area contributed by atoms with Gasteiger partial charge in [-0.2, -0.15) is 4.98 Å². The van der Waals surface area contributed by atoms with Crippen molar-refractivity contribution in [1.82, 2.24) is 19.9 Å². The Bertz CT molecular complexity index is 1970. The van der Waals surface area contributed by atoms with E-state index in [0.717, 1.165) is 5.69 Å². The number of quaternary nitrogens is 1. The van der Waals surface area contributed by atoms with Crippen LogP contribution in [0.25, 0.3) is 0 Å². The minimum atomic E-state index is -0.457. The zero-order valence-corrected chi connectivity index (χ0v) is 31.2. The Morgan fingerprint density at radius 3 is 2.45 bits per heavy atom. The Balaban J connectivity index is 1.22. The Morgan fingerprint density at radius 1 is 1.13 bits per heavy atom. The van der Waals surface area contributed by atoms with Crippen molar-refractivity contribution in [3.63, 3.8) is 0 Å². The molecule has 0 bridgehead atoms. The maximum atomic E-state index is 14.6. The molecular formula is C35H39Cl2N10O6+. The molecule has 5 heterocycles. The topological polar surface area (TPSA) is 169 Å². The van der Waals surface area contributed by atoms with Crippen LogP contribution in [0.2, 0.25) is 10.0 Å². The number of urea groups is 1. The predicted molar refractivity (Wildman–Crippen MR) is 201 cm³/mol. The molecule has 6 rings (SSSR count). The third kappa shape index (κ3) is 8.04. The average Bonchev–Trinajstić information content (AvgIpc) is 3.60. The van der Waals surface area contributed by atoms with Gasteiger partial charge in [-0.1, -0.05) is 28.2 Å². The molecule has 3 amide bonds. The molecule has 1 N–H and O–H groups in total. The number of methoxy groups -OCH3 is 2. The van der Waals surface area contributed by atoms with Crippen molar-refractivity contribution in [2.24, 2.45) is 4.99 Å². The number of hydrogen-bond acceptors (Lipinski definition) is 11. The SMILES string of the molecule is COc1cc(OC)c(Cl)c(N2Cc3cnc(Nc4ccncc4)nc3N(C3CCN(C(=O)/C=C/C[N+](C)(C)CC4=C([N+](=O)[O-])N=CC4)CC3)C2=O)c1Cl. The molecule has 18 heteroatoms. The van der Waals surface area contributed by atoms with E-state index in [9.17, 15) is 19.7 Å². The number of likely N-dealkylation sites (N-methyl/N-ethyl adjacent to an activating group) is 1. The van der Waals surface area contributed by atoms with Crippen LogP contribution >= 0.6 is 23.2 Å². The monoisotopic (exact) mass is 765 g/mol. The number of anilines is 4. The summed E-state index contributed by atoms with van der Waals surface area (Å²) in [7, 11) is 6.82. The van der Waals surface area contributed by atoms with Gasteiger partial charge in [-0.05, 0) is 36.0 Å². The number of fused-ring (bicyclic) bond motifs is 1. The number of aromatic nitrogens is 3.